The predicted octanol–water partition coefficient (Wildman–Crippen LogP) is 2.49. The van der Waals surface area contributed by atoms with Gasteiger partial charge in [-0.3, -0.25) is 0 Å². The van der Waals surface area contributed by atoms with Crippen molar-refractivity contribution in [1.29, 1.82) is 0 Å². The van der Waals surface area contributed by atoms with Gasteiger partial charge in [-0.25, -0.2) is 0 Å². The highest BCUT2D eigenvalue weighted by Gasteiger charge is 2.22. The fourth-order valence-electron chi connectivity index (χ4n) is 0.808. The van der Waals surface area contributed by atoms with E-state index in [1.807, 2.05) is 0 Å². The molecule has 0 atom stereocenters. The van der Waals surface area contributed by atoms with Crippen molar-refractivity contribution in [2.24, 2.45) is 0 Å². The van der Waals surface area contributed by atoms with Crippen molar-refractivity contribution in [3.63, 3.8) is 0 Å². The lowest BCUT2D eigenvalue weighted by Crippen LogP contribution is -1.66. The van der Waals surface area contributed by atoms with Gasteiger partial charge in [0.2, 0.25) is 0 Å². The van der Waals surface area contributed by atoms with Crippen LogP contribution >= 0.6 is 26.8 Å². The monoisotopic (exact) mass is 230 g/mol. The van der Waals surface area contributed by atoms with E-state index in [2.05, 4.69) is 22.0 Å². The molecule has 0 bridgehead atoms. The third-order valence-electron chi connectivity index (χ3n) is 1.23. The first-order chi connectivity index (χ1) is 3.21. The second-order valence-electron chi connectivity index (χ2n) is 1.94. The van der Waals surface area contributed by atoms with Gasteiger partial charge in [0.25, 0.3) is 0 Å². The molecule has 42 valence electrons. The lowest BCUT2D eigenvalue weighted by atomic mass is 10.4. The van der Waals surface area contributed by atoms with Gasteiger partial charge in [0.05, 0.1) is 0 Å². The van der Waals surface area contributed by atoms with Crippen LogP contribution in [0.15, 0.2) is 0 Å². The summed E-state index contributed by atoms with van der Waals surface area (Å²) in [7, 11) is 0. The quantitative estimate of drug-likeness (QED) is 0.461. The van der Waals surface area contributed by atoms with Crippen molar-refractivity contribution < 1.29 is 4.57 Å². The van der Waals surface area contributed by atoms with Gasteiger partial charge >= 0.3 is 0 Å². The van der Waals surface area contributed by atoms with E-state index >= 15 is 0 Å². The Kier molecular flexibility index (Phi) is 1.79. The molecule has 7 heavy (non-hydrogen) atoms. The number of hydrogen-bond acceptors (Lipinski definition) is 1. The van der Waals surface area contributed by atoms with E-state index < -0.39 is 4.78 Å². The summed E-state index contributed by atoms with van der Waals surface area (Å²) in [4.78, 5) is -1.57. The second-order valence-corrected chi connectivity index (χ2v) is 9.69. The molecule has 0 aromatic heterocycles. The molecule has 0 amide bonds. The zero-order valence-electron chi connectivity index (χ0n) is 4.06. The SMILES string of the molecule is O=P1(I)CCCC1. The van der Waals surface area contributed by atoms with Crippen LogP contribution in [0.4, 0.5) is 0 Å². The van der Waals surface area contributed by atoms with Crippen LogP contribution in [0.3, 0.4) is 0 Å². The van der Waals surface area contributed by atoms with Crippen molar-refractivity contribution in [3.05, 3.63) is 0 Å². The van der Waals surface area contributed by atoms with Crippen LogP contribution in [0.1, 0.15) is 12.8 Å². The van der Waals surface area contributed by atoms with Crippen molar-refractivity contribution in [2.75, 3.05) is 12.3 Å². The van der Waals surface area contributed by atoms with Crippen LogP contribution in [0.25, 0.3) is 0 Å². The average Bonchev–Trinajstić information content (AvgIpc) is 1.84. The highest BCUT2D eigenvalue weighted by atomic mass is 127. The summed E-state index contributed by atoms with van der Waals surface area (Å²) >= 11 is 2.12. The molecule has 1 saturated heterocycles. The summed E-state index contributed by atoms with van der Waals surface area (Å²) in [5, 5.41) is 0. The van der Waals surface area contributed by atoms with Crippen LogP contribution in [-0.4, -0.2) is 12.3 Å². The Morgan fingerprint density at radius 3 is 1.86 bits per heavy atom. The van der Waals surface area contributed by atoms with Crippen LogP contribution in [0, 0.1) is 0 Å². The first-order valence-electron chi connectivity index (χ1n) is 2.48. The third kappa shape index (κ3) is 1.73. The molecule has 0 unspecified atom stereocenters. The molecule has 1 rings (SSSR count). The molecule has 0 radical (unpaired) electrons. The second kappa shape index (κ2) is 2.06. The van der Waals surface area contributed by atoms with Crippen molar-refractivity contribution >= 4 is 26.8 Å². The van der Waals surface area contributed by atoms with Crippen LogP contribution < -0.4 is 0 Å². The van der Waals surface area contributed by atoms with E-state index in [9.17, 15) is 4.57 Å². The molecule has 1 aliphatic heterocycles. The zero-order chi connectivity index (χ0) is 5.33. The van der Waals surface area contributed by atoms with Crippen molar-refractivity contribution in [2.45, 2.75) is 12.8 Å². The molecule has 1 nitrogen and oxygen atoms in total. The van der Waals surface area contributed by atoms with Crippen LogP contribution in [0.2, 0.25) is 0 Å². The molecular weight excluding hydrogens is 222 g/mol. The maximum absolute atomic E-state index is 11.0. The largest absolute Gasteiger partial charge is 0.313 e. The maximum atomic E-state index is 11.0. The molecule has 3 heteroatoms. The summed E-state index contributed by atoms with van der Waals surface area (Å²) in [6, 6.07) is 0. The molecule has 0 aromatic rings. The summed E-state index contributed by atoms with van der Waals surface area (Å²) < 4.78 is 11.0. The van der Waals surface area contributed by atoms with Gasteiger partial charge in [-0.05, 0) is 34.9 Å². The normalized spacial score (nSPS) is 28.1. The Labute approximate surface area is 56.7 Å². The van der Waals surface area contributed by atoms with Gasteiger partial charge in [-0.2, -0.15) is 0 Å². The van der Waals surface area contributed by atoms with Gasteiger partial charge in [0, 0.05) is 12.3 Å². The highest BCUT2D eigenvalue weighted by molar-refractivity contribution is 14.2. The minimum atomic E-state index is -1.57. The molecule has 1 heterocycles. The van der Waals surface area contributed by atoms with Crippen LogP contribution in [-0.2, 0) is 4.57 Å². The summed E-state index contributed by atoms with van der Waals surface area (Å²) in [5.41, 5.74) is 0. The lowest BCUT2D eigenvalue weighted by Gasteiger charge is -1.93. The molecule has 0 spiro atoms. The van der Waals surface area contributed by atoms with Gasteiger partial charge < -0.3 is 4.57 Å². The van der Waals surface area contributed by atoms with Crippen molar-refractivity contribution in [3.8, 4) is 0 Å². The third-order valence-corrected chi connectivity index (χ3v) is 6.10. The minimum absolute atomic E-state index is 0.994. The fraction of sp³-hybridized carbons (Fsp3) is 1.00. The van der Waals surface area contributed by atoms with E-state index in [-0.39, 0.29) is 0 Å². The zero-order valence-corrected chi connectivity index (χ0v) is 7.11. The highest BCUT2D eigenvalue weighted by Crippen LogP contribution is 2.59. The standard InChI is InChI=1S/C4H8IOP/c5-7(6)3-1-2-4-7/h1-4H2. The topological polar surface area (TPSA) is 17.1 Å². The number of halogens is 1. The Bertz CT molecular complexity index is 102. The lowest BCUT2D eigenvalue weighted by molar-refractivity contribution is 0.590. The molecule has 0 aromatic carbocycles. The Hall–Kier alpha value is 0.960. The van der Waals surface area contributed by atoms with E-state index in [1.54, 1.807) is 0 Å². The maximum Gasteiger partial charge on any atom is 0.143 e. The molecule has 0 N–H and O–H groups in total. The minimum Gasteiger partial charge on any atom is -0.313 e. The first kappa shape index (κ1) is 6.09. The summed E-state index contributed by atoms with van der Waals surface area (Å²) in [5.74, 6) is 0. The van der Waals surface area contributed by atoms with Gasteiger partial charge in [-0.1, -0.05) is 0 Å². The van der Waals surface area contributed by atoms with Gasteiger partial charge in [0.1, 0.15) is 4.78 Å². The summed E-state index contributed by atoms with van der Waals surface area (Å²) in [6.45, 7) is 0. The van der Waals surface area contributed by atoms with E-state index in [0.29, 0.717) is 0 Å². The van der Waals surface area contributed by atoms with Crippen molar-refractivity contribution in [1.82, 2.24) is 0 Å². The predicted molar refractivity (Wildman–Crippen MR) is 40.6 cm³/mol. The van der Waals surface area contributed by atoms with Crippen LogP contribution in [0.5, 0.6) is 0 Å². The average molecular weight is 230 g/mol. The smallest absolute Gasteiger partial charge is 0.143 e. The molecule has 0 aliphatic carbocycles. The van der Waals surface area contributed by atoms with Gasteiger partial charge in [-0.15, -0.1) is 0 Å². The molecule has 0 saturated carbocycles. The Balaban J connectivity index is 2.57. The van der Waals surface area contributed by atoms with E-state index in [0.717, 1.165) is 12.3 Å². The van der Waals surface area contributed by atoms with E-state index in [1.165, 1.54) is 12.8 Å². The van der Waals surface area contributed by atoms with E-state index in [4.69, 9.17) is 0 Å². The summed E-state index contributed by atoms with van der Waals surface area (Å²) in [6.07, 6.45) is 4.38. The number of hydrogen-bond donors (Lipinski definition) is 0. The first-order valence-corrected chi connectivity index (χ1v) is 7.35. The Morgan fingerprint density at radius 1 is 1.29 bits per heavy atom. The fourth-order valence-corrected chi connectivity index (χ4v) is 4.47. The number of rotatable bonds is 0. The molecule has 1 fully saturated rings. The molecular formula is C4H8IOP. The molecule has 1 aliphatic rings. The Morgan fingerprint density at radius 2 is 1.71 bits per heavy atom. The van der Waals surface area contributed by atoms with Gasteiger partial charge in [0.15, 0.2) is 0 Å².